The number of rotatable bonds is 8. The SMILES string of the molecule is CCCN(CC)CCNC(=NC)N1CCN(CC(=O)N2CCOCC2)CC1. The van der Waals surface area contributed by atoms with Gasteiger partial charge in [0.1, 0.15) is 0 Å². The Hall–Kier alpha value is -1.38. The molecule has 0 atom stereocenters. The van der Waals surface area contributed by atoms with E-state index < -0.39 is 0 Å². The number of ether oxygens (including phenoxy) is 1. The second kappa shape index (κ2) is 12.2. The summed E-state index contributed by atoms with van der Waals surface area (Å²) in [7, 11) is 1.85. The minimum atomic E-state index is 0.227. The summed E-state index contributed by atoms with van der Waals surface area (Å²) in [5.41, 5.74) is 0. The molecule has 1 amide bonds. The predicted molar refractivity (Wildman–Crippen MR) is 109 cm³/mol. The molecule has 0 spiro atoms. The minimum absolute atomic E-state index is 0.227. The number of amides is 1. The maximum absolute atomic E-state index is 12.4. The Morgan fingerprint density at radius 2 is 1.74 bits per heavy atom. The van der Waals surface area contributed by atoms with E-state index in [2.05, 4.69) is 38.9 Å². The third-order valence-corrected chi connectivity index (χ3v) is 5.30. The van der Waals surface area contributed by atoms with Gasteiger partial charge >= 0.3 is 0 Å². The average molecular weight is 383 g/mol. The number of piperazine rings is 1. The molecule has 27 heavy (non-hydrogen) atoms. The molecular weight excluding hydrogens is 344 g/mol. The van der Waals surface area contributed by atoms with Crippen LogP contribution < -0.4 is 5.32 Å². The Balaban J connectivity index is 1.69. The topological polar surface area (TPSA) is 63.7 Å². The third-order valence-electron chi connectivity index (χ3n) is 5.30. The highest BCUT2D eigenvalue weighted by molar-refractivity contribution is 5.80. The summed E-state index contributed by atoms with van der Waals surface area (Å²) in [4.78, 5) is 25.8. The van der Waals surface area contributed by atoms with Gasteiger partial charge < -0.3 is 24.8 Å². The van der Waals surface area contributed by atoms with Crippen molar-refractivity contribution in [2.75, 3.05) is 92.3 Å². The maximum Gasteiger partial charge on any atom is 0.236 e. The molecule has 2 saturated heterocycles. The molecule has 2 heterocycles. The molecule has 0 bridgehead atoms. The number of guanidine groups is 1. The largest absolute Gasteiger partial charge is 0.378 e. The Bertz CT molecular complexity index is 459. The Morgan fingerprint density at radius 3 is 2.33 bits per heavy atom. The van der Waals surface area contributed by atoms with Crippen LogP contribution >= 0.6 is 0 Å². The molecule has 156 valence electrons. The summed E-state index contributed by atoms with van der Waals surface area (Å²) in [6, 6.07) is 0. The van der Waals surface area contributed by atoms with E-state index in [1.54, 1.807) is 0 Å². The number of morpholine rings is 1. The summed E-state index contributed by atoms with van der Waals surface area (Å²) in [5, 5.41) is 3.50. The number of hydrogen-bond donors (Lipinski definition) is 1. The Kier molecular flexibility index (Phi) is 9.86. The van der Waals surface area contributed by atoms with Gasteiger partial charge in [-0.25, -0.2) is 0 Å². The first kappa shape index (κ1) is 21.9. The van der Waals surface area contributed by atoms with Crippen LogP contribution in [0.5, 0.6) is 0 Å². The molecule has 0 aromatic heterocycles. The highest BCUT2D eigenvalue weighted by atomic mass is 16.5. The van der Waals surface area contributed by atoms with E-state index in [9.17, 15) is 4.79 Å². The average Bonchev–Trinajstić information content (AvgIpc) is 2.72. The summed E-state index contributed by atoms with van der Waals surface area (Å²) < 4.78 is 5.32. The van der Waals surface area contributed by atoms with Gasteiger partial charge in [0.2, 0.25) is 5.91 Å². The van der Waals surface area contributed by atoms with Gasteiger partial charge in [0.05, 0.1) is 19.8 Å². The molecule has 0 radical (unpaired) electrons. The van der Waals surface area contributed by atoms with Crippen LogP contribution in [0.15, 0.2) is 4.99 Å². The smallest absolute Gasteiger partial charge is 0.236 e. The fourth-order valence-corrected chi connectivity index (χ4v) is 3.62. The zero-order chi connectivity index (χ0) is 19.5. The molecule has 1 N–H and O–H groups in total. The first-order chi connectivity index (χ1) is 13.2. The molecule has 0 aromatic rings. The minimum Gasteiger partial charge on any atom is -0.378 e. The van der Waals surface area contributed by atoms with Crippen molar-refractivity contribution in [3.8, 4) is 0 Å². The van der Waals surface area contributed by atoms with E-state index in [-0.39, 0.29) is 5.91 Å². The lowest BCUT2D eigenvalue weighted by atomic mass is 10.3. The van der Waals surface area contributed by atoms with E-state index >= 15 is 0 Å². The van der Waals surface area contributed by atoms with Crippen LogP contribution in [0.3, 0.4) is 0 Å². The second-order valence-electron chi connectivity index (χ2n) is 7.16. The molecule has 0 saturated carbocycles. The fraction of sp³-hybridized carbons (Fsp3) is 0.895. The highest BCUT2D eigenvalue weighted by Gasteiger charge is 2.24. The molecule has 8 heteroatoms. The lowest BCUT2D eigenvalue weighted by Crippen LogP contribution is -2.55. The molecule has 0 unspecified atom stereocenters. The van der Waals surface area contributed by atoms with E-state index in [4.69, 9.17) is 4.74 Å². The first-order valence-electron chi connectivity index (χ1n) is 10.4. The molecule has 2 aliphatic rings. The van der Waals surface area contributed by atoms with Gasteiger partial charge in [0.25, 0.3) is 0 Å². The molecule has 0 aromatic carbocycles. The zero-order valence-corrected chi connectivity index (χ0v) is 17.5. The number of carbonyl (C=O) groups is 1. The van der Waals surface area contributed by atoms with Crippen LogP contribution in [-0.4, -0.2) is 124 Å². The van der Waals surface area contributed by atoms with Crippen LogP contribution in [0.1, 0.15) is 20.3 Å². The molecule has 8 nitrogen and oxygen atoms in total. The van der Waals surface area contributed by atoms with Crippen molar-refractivity contribution in [2.45, 2.75) is 20.3 Å². The molecular formula is C19H38N6O2. The van der Waals surface area contributed by atoms with Gasteiger partial charge in [-0.15, -0.1) is 0 Å². The van der Waals surface area contributed by atoms with Gasteiger partial charge in [-0.3, -0.25) is 14.7 Å². The lowest BCUT2D eigenvalue weighted by molar-refractivity contribution is -0.136. The van der Waals surface area contributed by atoms with Crippen molar-refractivity contribution in [3.63, 3.8) is 0 Å². The number of carbonyl (C=O) groups excluding carboxylic acids is 1. The number of aliphatic imine (C=N–C) groups is 1. The van der Waals surface area contributed by atoms with Crippen LogP contribution in [0.2, 0.25) is 0 Å². The number of likely N-dealkylation sites (N-methyl/N-ethyl adjacent to an activating group) is 1. The summed E-state index contributed by atoms with van der Waals surface area (Å²) in [6.45, 7) is 15.5. The number of hydrogen-bond acceptors (Lipinski definition) is 5. The highest BCUT2D eigenvalue weighted by Crippen LogP contribution is 2.05. The van der Waals surface area contributed by atoms with E-state index in [0.29, 0.717) is 19.8 Å². The predicted octanol–water partition coefficient (Wildman–Crippen LogP) is -0.230. The molecule has 2 rings (SSSR count). The Labute approximate surface area is 164 Å². The summed E-state index contributed by atoms with van der Waals surface area (Å²) >= 11 is 0. The monoisotopic (exact) mass is 382 g/mol. The Morgan fingerprint density at radius 1 is 1.04 bits per heavy atom. The summed E-state index contributed by atoms with van der Waals surface area (Å²) in [5.74, 6) is 1.20. The van der Waals surface area contributed by atoms with Gasteiger partial charge in [0.15, 0.2) is 5.96 Å². The normalized spacial score (nSPS) is 19.6. The van der Waals surface area contributed by atoms with Crippen molar-refractivity contribution in [1.82, 2.24) is 24.9 Å². The number of nitrogens with one attached hydrogen (secondary N) is 1. The van der Waals surface area contributed by atoms with E-state index in [1.165, 1.54) is 6.42 Å². The first-order valence-corrected chi connectivity index (χ1v) is 10.4. The fourth-order valence-electron chi connectivity index (χ4n) is 3.62. The number of nitrogens with zero attached hydrogens (tertiary/aromatic N) is 5. The van der Waals surface area contributed by atoms with Gasteiger partial charge in [-0.2, -0.15) is 0 Å². The zero-order valence-electron chi connectivity index (χ0n) is 17.5. The maximum atomic E-state index is 12.4. The van der Waals surface area contributed by atoms with E-state index in [0.717, 1.165) is 71.4 Å². The van der Waals surface area contributed by atoms with E-state index in [1.807, 2.05) is 11.9 Å². The van der Waals surface area contributed by atoms with Crippen LogP contribution in [-0.2, 0) is 9.53 Å². The van der Waals surface area contributed by atoms with Crippen LogP contribution in [0.4, 0.5) is 0 Å². The van der Waals surface area contributed by atoms with Crippen molar-refractivity contribution < 1.29 is 9.53 Å². The quantitative estimate of drug-likeness (QED) is 0.462. The third kappa shape index (κ3) is 7.27. The standard InChI is InChI=1S/C19H38N6O2/c1-4-7-22(5-2)8-6-21-19(20-3)25-11-9-23(10-12-25)17-18(26)24-13-15-27-16-14-24/h4-17H2,1-3H3,(H,20,21). The van der Waals surface area contributed by atoms with Gasteiger partial charge in [0, 0.05) is 59.4 Å². The van der Waals surface area contributed by atoms with Gasteiger partial charge in [-0.05, 0) is 19.5 Å². The summed E-state index contributed by atoms with van der Waals surface area (Å²) in [6.07, 6.45) is 1.19. The van der Waals surface area contributed by atoms with Crippen LogP contribution in [0.25, 0.3) is 0 Å². The van der Waals surface area contributed by atoms with Crippen molar-refractivity contribution in [2.24, 2.45) is 4.99 Å². The van der Waals surface area contributed by atoms with Crippen molar-refractivity contribution in [3.05, 3.63) is 0 Å². The van der Waals surface area contributed by atoms with Crippen LogP contribution in [0, 0.1) is 0 Å². The van der Waals surface area contributed by atoms with Gasteiger partial charge in [-0.1, -0.05) is 13.8 Å². The van der Waals surface area contributed by atoms with Crippen molar-refractivity contribution in [1.29, 1.82) is 0 Å². The van der Waals surface area contributed by atoms with Crippen molar-refractivity contribution >= 4 is 11.9 Å². The molecule has 2 fully saturated rings. The second-order valence-corrected chi connectivity index (χ2v) is 7.16. The molecule has 0 aliphatic carbocycles. The lowest BCUT2D eigenvalue weighted by Gasteiger charge is -2.37. The molecule has 2 aliphatic heterocycles.